The molecule has 0 N–H and O–H groups in total. The second-order valence-electron chi connectivity index (χ2n) is 17.9. The van der Waals surface area contributed by atoms with Crippen LogP contribution in [-0.2, 0) is 0 Å². The molecule has 0 bridgehead atoms. The molecule has 0 aliphatic rings. The molecule has 338 valence electrons. The molecule has 72 heavy (non-hydrogen) atoms. The van der Waals surface area contributed by atoms with Gasteiger partial charge in [0.15, 0.2) is 5.82 Å². The van der Waals surface area contributed by atoms with Gasteiger partial charge in [0.2, 0.25) is 0 Å². The standard InChI is InChI=1S/C69H47N3/c1-8-22-48(23-9-1)59-44-60(49-24-10-2-11-25-49)46-61(45-59)63-47-62(70-69(71-63)58-34-20-7-21-35-58)52-40-36-50(37-41-52)51-38-42-55(43-39-51)64-65(53-26-12-3-13-27-53)67(56-30-16-5-17-31-56)72-68(57-32-18-6-19-33-57)66(64)54-28-14-4-15-29-54/h1-47H. The summed E-state index contributed by atoms with van der Waals surface area (Å²) >= 11 is 0. The number of pyridine rings is 1. The Morgan fingerprint density at radius 2 is 0.444 bits per heavy atom. The van der Waals surface area contributed by atoms with E-state index < -0.39 is 0 Å². The van der Waals surface area contributed by atoms with Crippen LogP contribution in [0.15, 0.2) is 285 Å². The summed E-state index contributed by atoms with van der Waals surface area (Å²) in [6, 6.07) is 101. The van der Waals surface area contributed by atoms with Crippen molar-refractivity contribution in [2.24, 2.45) is 0 Å². The van der Waals surface area contributed by atoms with E-state index in [1.54, 1.807) is 0 Å². The lowest BCUT2D eigenvalue weighted by Crippen LogP contribution is -2.01. The molecular weight excluding hydrogens is 871 g/mol. The van der Waals surface area contributed by atoms with Crippen LogP contribution in [0.5, 0.6) is 0 Å². The SMILES string of the molecule is c1ccc(-c2cc(-c3ccccc3)cc(-c3cc(-c4ccc(-c5ccc(-c6c(-c7ccccc7)c(-c7ccccc7)nc(-c7ccccc7)c6-c6ccccc6)cc5)cc4)nc(-c4ccccc4)n3)c2)cc1. The molecule has 0 spiro atoms. The third kappa shape index (κ3) is 8.95. The number of rotatable bonds is 11. The molecule has 0 amide bonds. The fourth-order valence-corrected chi connectivity index (χ4v) is 9.75. The zero-order chi connectivity index (χ0) is 48.1. The Balaban J connectivity index is 0.971. The maximum atomic E-state index is 5.62. The van der Waals surface area contributed by atoms with Gasteiger partial charge in [0, 0.05) is 44.5 Å². The number of hydrogen-bond acceptors (Lipinski definition) is 3. The minimum atomic E-state index is 0.681. The molecule has 10 aromatic carbocycles. The van der Waals surface area contributed by atoms with E-state index in [0.717, 1.165) is 117 Å². The zero-order valence-electron chi connectivity index (χ0n) is 39.5. The minimum Gasteiger partial charge on any atom is -0.246 e. The van der Waals surface area contributed by atoms with E-state index in [9.17, 15) is 0 Å². The molecule has 2 aromatic heterocycles. The lowest BCUT2D eigenvalue weighted by molar-refractivity contribution is 1.18. The molecule has 12 aromatic rings. The molecule has 0 unspecified atom stereocenters. The van der Waals surface area contributed by atoms with Crippen LogP contribution >= 0.6 is 0 Å². The molecule has 3 nitrogen and oxygen atoms in total. The van der Waals surface area contributed by atoms with Crippen LogP contribution in [0.25, 0.3) is 123 Å². The highest BCUT2D eigenvalue weighted by atomic mass is 14.9. The van der Waals surface area contributed by atoms with Crippen molar-refractivity contribution in [2.45, 2.75) is 0 Å². The van der Waals surface area contributed by atoms with Gasteiger partial charge in [-0.25, -0.2) is 15.0 Å². The zero-order valence-corrected chi connectivity index (χ0v) is 39.5. The second kappa shape index (κ2) is 19.8. The van der Waals surface area contributed by atoms with E-state index >= 15 is 0 Å². The van der Waals surface area contributed by atoms with Crippen LogP contribution in [0.4, 0.5) is 0 Å². The first-order valence-corrected chi connectivity index (χ1v) is 24.4. The molecule has 0 fully saturated rings. The van der Waals surface area contributed by atoms with Crippen LogP contribution in [-0.4, -0.2) is 15.0 Å². The van der Waals surface area contributed by atoms with Crippen molar-refractivity contribution in [3.05, 3.63) is 285 Å². The Bertz CT molecular complexity index is 3610. The predicted octanol–water partition coefficient (Wildman–Crippen LogP) is 18.2. The molecule has 2 heterocycles. The molecule has 0 atom stereocenters. The highest BCUT2D eigenvalue weighted by molar-refractivity contribution is 6.05. The van der Waals surface area contributed by atoms with Crippen molar-refractivity contribution < 1.29 is 0 Å². The van der Waals surface area contributed by atoms with Crippen molar-refractivity contribution in [2.75, 3.05) is 0 Å². The third-order valence-electron chi connectivity index (χ3n) is 13.3. The van der Waals surface area contributed by atoms with Gasteiger partial charge in [0.1, 0.15) is 0 Å². The molecule has 0 aliphatic heterocycles. The highest BCUT2D eigenvalue weighted by Gasteiger charge is 2.25. The number of hydrogen-bond donors (Lipinski definition) is 0. The molecule has 12 rings (SSSR count). The van der Waals surface area contributed by atoms with E-state index in [2.05, 4.69) is 267 Å². The van der Waals surface area contributed by atoms with Crippen LogP contribution in [0.1, 0.15) is 0 Å². The van der Waals surface area contributed by atoms with Crippen molar-refractivity contribution in [3.63, 3.8) is 0 Å². The maximum Gasteiger partial charge on any atom is 0.160 e. The topological polar surface area (TPSA) is 38.7 Å². The molecule has 3 heteroatoms. The van der Waals surface area contributed by atoms with Crippen LogP contribution in [0.3, 0.4) is 0 Å². The average Bonchev–Trinajstić information content (AvgIpc) is 3.48. The molecule has 0 saturated carbocycles. The van der Waals surface area contributed by atoms with E-state index in [1.807, 2.05) is 18.2 Å². The number of aromatic nitrogens is 3. The minimum absolute atomic E-state index is 0.681. The Kier molecular flexibility index (Phi) is 12.0. The maximum absolute atomic E-state index is 5.62. The van der Waals surface area contributed by atoms with E-state index in [-0.39, 0.29) is 0 Å². The Hall–Kier alpha value is -9.57. The first-order valence-electron chi connectivity index (χ1n) is 24.4. The van der Waals surface area contributed by atoms with E-state index in [0.29, 0.717) is 5.82 Å². The van der Waals surface area contributed by atoms with Gasteiger partial charge in [0.25, 0.3) is 0 Å². The first kappa shape index (κ1) is 43.7. The second-order valence-corrected chi connectivity index (χ2v) is 17.9. The summed E-state index contributed by atoms with van der Waals surface area (Å²) in [6.45, 7) is 0. The van der Waals surface area contributed by atoms with Crippen molar-refractivity contribution in [1.29, 1.82) is 0 Å². The molecule has 0 saturated heterocycles. The molecular formula is C69H47N3. The largest absolute Gasteiger partial charge is 0.246 e. The Morgan fingerprint density at radius 1 is 0.167 bits per heavy atom. The highest BCUT2D eigenvalue weighted by Crippen LogP contribution is 2.49. The molecule has 0 radical (unpaired) electrons. The third-order valence-corrected chi connectivity index (χ3v) is 13.3. The Morgan fingerprint density at radius 3 is 0.847 bits per heavy atom. The van der Waals surface area contributed by atoms with Gasteiger partial charge in [-0.2, -0.15) is 0 Å². The molecule has 0 aliphatic carbocycles. The monoisotopic (exact) mass is 917 g/mol. The van der Waals surface area contributed by atoms with Gasteiger partial charge in [-0.3, -0.25) is 0 Å². The summed E-state index contributed by atoms with van der Waals surface area (Å²) in [5.41, 5.74) is 22.2. The summed E-state index contributed by atoms with van der Waals surface area (Å²) in [7, 11) is 0. The predicted molar refractivity (Wildman–Crippen MR) is 300 cm³/mol. The quantitative estimate of drug-likeness (QED) is 0.130. The van der Waals surface area contributed by atoms with Crippen molar-refractivity contribution in [1.82, 2.24) is 15.0 Å². The van der Waals surface area contributed by atoms with Gasteiger partial charge >= 0.3 is 0 Å². The van der Waals surface area contributed by atoms with Gasteiger partial charge in [-0.1, -0.05) is 261 Å². The summed E-state index contributed by atoms with van der Waals surface area (Å²) in [4.78, 5) is 16.1. The first-order chi connectivity index (χ1) is 35.7. The van der Waals surface area contributed by atoms with Gasteiger partial charge in [-0.15, -0.1) is 0 Å². The number of nitrogens with zero attached hydrogens (tertiary/aromatic N) is 3. The smallest absolute Gasteiger partial charge is 0.160 e. The van der Waals surface area contributed by atoms with E-state index in [1.165, 1.54) is 0 Å². The fourth-order valence-electron chi connectivity index (χ4n) is 9.75. The van der Waals surface area contributed by atoms with Gasteiger partial charge in [-0.05, 0) is 74.3 Å². The van der Waals surface area contributed by atoms with Crippen LogP contribution in [0.2, 0.25) is 0 Å². The summed E-state index contributed by atoms with van der Waals surface area (Å²) in [6.07, 6.45) is 0. The van der Waals surface area contributed by atoms with E-state index in [4.69, 9.17) is 15.0 Å². The van der Waals surface area contributed by atoms with Crippen molar-refractivity contribution in [3.8, 4) is 123 Å². The lowest BCUT2D eigenvalue weighted by atomic mass is 9.83. The van der Waals surface area contributed by atoms with Crippen molar-refractivity contribution >= 4 is 0 Å². The number of benzene rings is 10. The van der Waals surface area contributed by atoms with Crippen LogP contribution in [0, 0.1) is 0 Å². The van der Waals surface area contributed by atoms with Gasteiger partial charge < -0.3 is 0 Å². The lowest BCUT2D eigenvalue weighted by Gasteiger charge is -2.23. The van der Waals surface area contributed by atoms with Crippen LogP contribution < -0.4 is 0 Å². The average molecular weight is 918 g/mol. The normalized spacial score (nSPS) is 11.1. The summed E-state index contributed by atoms with van der Waals surface area (Å²) < 4.78 is 0. The summed E-state index contributed by atoms with van der Waals surface area (Å²) in [5.74, 6) is 0.681. The Labute approximate surface area is 421 Å². The summed E-state index contributed by atoms with van der Waals surface area (Å²) in [5, 5.41) is 0. The van der Waals surface area contributed by atoms with Gasteiger partial charge in [0.05, 0.1) is 22.8 Å². The fraction of sp³-hybridized carbons (Fsp3) is 0.